The smallest absolute Gasteiger partial charge is 0.191 e. The standard InChI is InChI=1S/C17H36N4O/c1-6-18-16(19-10-8-12-22-5)20-14-17(3,4)21-11-7-9-15(2)13-21/h15H,6-14H2,1-5H3,(H2,18,19,20). The summed E-state index contributed by atoms with van der Waals surface area (Å²) in [7, 11) is 1.74. The van der Waals surface area contributed by atoms with Crippen LogP contribution in [-0.2, 0) is 4.74 Å². The van der Waals surface area contributed by atoms with Gasteiger partial charge in [0, 0.05) is 38.9 Å². The first-order valence-electron chi connectivity index (χ1n) is 8.75. The van der Waals surface area contributed by atoms with Crippen LogP contribution in [0.15, 0.2) is 4.99 Å². The molecule has 0 spiro atoms. The Labute approximate surface area is 136 Å². The minimum atomic E-state index is 0.115. The molecule has 0 aromatic rings. The minimum absolute atomic E-state index is 0.115. The molecular weight excluding hydrogens is 276 g/mol. The van der Waals surface area contributed by atoms with E-state index in [0.29, 0.717) is 0 Å². The third-order valence-corrected chi connectivity index (χ3v) is 4.30. The van der Waals surface area contributed by atoms with E-state index in [9.17, 15) is 0 Å². The normalized spacial score (nSPS) is 21.0. The van der Waals surface area contributed by atoms with Crippen LogP contribution >= 0.6 is 0 Å². The fourth-order valence-corrected chi connectivity index (χ4v) is 2.88. The number of methoxy groups -OCH3 is 1. The molecule has 130 valence electrons. The molecule has 5 heteroatoms. The number of likely N-dealkylation sites (tertiary alicyclic amines) is 1. The van der Waals surface area contributed by atoms with Crippen LogP contribution in [-0.4, -0.2) is 62.8 Å². The predicted molar refractivity (Wildman–Crippen MR) is 94.5 cm³/mol. The average Bonchev–Trinajstić information content (AvgIpc) is 2.49. The van der Waals surface area contributed by atoms with Crippen molar-refractivity contribution >= 4 is 5.96 Å². The van der Waals surface area contributed by atoms with Crippen molar-refractivity contribution in [1.82, 2.24) is 15.5 Å². The molecule has 0 saturated carbocycles. The lowest BCUT2D eigenvalue weighted by atomic mass is 9.94. The molecule has 1 heterocycles. The van der Waals surface area contributed by atoms with Gasteiger partial charge >= 0.3 is 0 Å². The molecule has 0 aromatic carbocycles. The first-order valence-corrected chi connectivity index (χ1v) is 8.75. The molecule has 5 nitrogen and oxygen atoms in total. The van der Waals surface area contributed by atoms with Gasteiger partial charge in [0.2, 0.25) is 0 Å². The number of rotatable bonds is 8. The number of aliphatic imine (C=N–C) groups is 1. The van der Waals surface area contributed by atoms with Gasteiger partial charge in [-0.05, 0) is 52.5 Å². The Hall–Kier alpha value is -0.810. The van der Waals surface area contributed by atoms with E-state index < -0.39 is 0 Å². The second kappa shape index (κ2) is 10.1. The van der Waals surface area contributed by atoms with E-state index in [-0.39, 0.29) is 5.54 Å². The van der Waals surface area contributed by atoms with Gasteiger partial charge in [0.15, 0.2) is 5.96 Å². The van der Waals surface area contributed by atoms with Crippen LogP contribution in [0, 0.1) is 5.92 Å². The van der Waals surface area contributed by atoms with Gasteiger partial charge < -0.3 is 15.4 Å². The van der Waals surface area contributed by atoms with Gasteiger partial charge in [-0.25, -0.2) is 0 Å². The van der Waals surface area contributed by atoms with Crippen LogP contribution < -0.4 is 10.6 Å². The molecular formula is C17H36N4O. The van der Waals surface area contributed by atoms with E-state index in [2.05, 4.69) is 43.2 Å². The van der Waals surface area contributed by atoms with Crippen molar-refractivity contribution in [3.8, 4) is 0 Å². The average molecular weight is 313 g/mol. The zero-order chi connectivity index (χ0) is 16.4. The molecule has 1 aliphatic heterocycles. The van der Waals surface area contributed by atoms with Crippen LogP contribution in [0.3, 0.4) is 0 Å². The van der Waals surface area contributed by atoms with Gasteiger partial charge in [0.1, 0.15) is 0 Å². The van der Waals surface area contributed by atoms with E-state index in [1.807, 2.05) is 0 Å². The summed E-state index contributed by atoms with van der Waals surface area (Å²) in [6.07, 6.45) is 3.66. The quantitative estimate of drug-likeness (QED) is 0.409. The molecule has 1 saturated heterocycles. The Morgan fingerprint density at radius 3 is 2.77 bits per heavy atom. The Kier molecular flexibility index (Phi) is 8.79. The highest BCUT2D eigenvalue weighted by Gasteiger charge is 2.29. The van der Waals surface area contributed by atoms with Gasteiger partial charge in [0.25, 0.3) is 0 Å². The van der Waals surface area contributed by atoms with Crippen molar-refractivity contribution in [2.45, 2.75) is 52.5 Å². The molecule has 1 fully saturated rings. The van der Waals surface area contributed by atoms with Crippen molar-refractivity contribution in [3.05, 3.63) is 0 Å². The molecule has 1 rings (SSSR count). The number of hydrogen-bond acceptors (Lipinski definition) is 3. The molecule has 2 N–H and O–H groups in total. The predicted octanol–water partition coefficient (Wildman–Crippen LogP) is 2.09. The SMILES string of the molecule is CCNC(=NCC(C)(C)N1CCCC(C)C1)NCCCOC. The van der Waals surface area contributed by atoms with Gasteiger partial charge in [-0.2, -0.15) is 0 Å². The molecule has 1 aliphatic rings. The largest absolute Gasteiger partial charge is 0.385 e. The van der Waals surface area contributed by atoms with Crippen molar-refractivity contribution in [2.24, 2.45) is 10.9 Å². The minimum Gasteiger partial charge on any atom is -0.385 e. The van der Waals surface area contributed by atoms with E-state index >= 15 is 0 Å². The highest BCUT2D eigenvalue weighted by molar-refractivity contribution is 5.79. The Balaban J connectivity index is 2.51. The van der Waals surface area contributed by atoms with Crippen LogP contribution in [0.2, 0.25) is 0 Å². The fraction of sp³-hybridized carbons (Fsp3) is 0.941. The lowest BCUT2D eigenvalue weighted by Crippen LogP contribution is -2.51. The van der Waals surface area contributed by atoms with Crippen molar-refractivity contribution < 1.29 is 4.74 Å². The summed E-state index contributed by atoms with van der Waals surface area (Å²) in [6.45, 7) is 14.8. The molecule has 0 aromatic heterocycles. The molecule has 0 aliphatic carbocycles. The maximum absolute atomic E-state index is 5.08. The second-order valence-electron chi connectivity index (χ2n) is 6.97. The number of hydrogen-bond donors (Lipinski definition) is 2. The zero-order valence-electron chi connectivity index (χ0n) is 15.2. The van der Waals surface area contributed by atoms with Gasteiger partial charge in [0.05, 0.1) is 6.54 Å². The van der Waals surface area contributed by atoms with E-state index in [1.54, 1.807) is 7.11 Å². The highest BCUT2D eigenvalue weighted by atomic mass is 16.5. The Morgan fingerprint density at radius 2 is 2.14 bits per heavy atom. The fourth-order valence-electron chi connectivity index (χ4n) is 2.88. The van der Waals surface area contributed by atoms with Crippen LogP contribution in [0.5, 0.6) is 0 Å². The van der Waals surface area contributed by atoms with Crippen LogP contribution in [0.1, 0.15) is 47.0 Å². The van der Waals surface area contributed by atoms with Crippen LogP contribution in [0.25, 0.3) is 0 Å². The number of guanidine groups is 1. The molecule has 0 bridgehead atoms. The topological polar surface area (TPSA) is 48.9 Å². The Bertz CT molecular complexity index is 331. The number of ether oxygens (including phenoxy) is 1. The van der Waals surface area contributed by atoms with E-state index in [0.717, 1.165) is 44.5 Å². The summed E-state index contributed by atoms with van der Waals surface area (Å²) in [6, 6.07) is 0. The highest BCUT2D eigenvalue weighted by Crippen LogP contribution is 2.23. The molecule has 0 amide bonds. The summed E-state index contributed by atoms with van der Waals surface area (Å²) < 4.78 is 5.08. The van der Waals surface area contributed by atoms with E-state index in [4.69, 9.17) is 9.73 Å². The number of nitrogens with zero attached hydrogens (tertiary/aromatic N) is 2. The molecule has 1 atom stereocenters. The third-order valence-electron chi connectivity index (χ3n) is 4.30. The first kappa shape index (κ1) is 19.2. The number of nitrogens with one attached hydrogen (secondary N) is 2. The Morgan fingerprint density at radius 1 is 1.36 bits per heavy atom. The maximum atomic E-state index is 5.08. The van der Waals surface area contributed by atoms with Crippen molar-refractivity contribution in [2.75, 3.05) is 46.4 Å². The number of piperidine rings is 1. The van der Waals surface area contributed by atoms with Crippen LogP contribution in [0.4, 0.5) is 0 Å². The molecule has 22 heavy (non-hydrogen) atoms. The van der Waals surface area contributed by atoms with Crippen molar-refractivity contribution in [3.63, 3.8) is 0 Å². The maximum Gasteiger partial charge on any atom is 0.191 e. The van der Waals surface area contributed by atoms with Gasteiger partial charge in [-0.15, -0.1) is 0 Å². The monoisotopic (exact) mass is 312 g/mol. The van der Waals surface area contributed by atoms with Gasteiger partial charge in [-0.3, -0.25) is 9.89 Å². The summed E-state index contributed by atoms with van der Waals surface area (Å²) in [5.41, 5.74) is 0.115. The summed E-state index contributed by atoms with van der Waals surface area (Å²) in [5.74, 6) is 1.72. The molecule has 1 unspecified atom stereocenters. The van der Waals surface area contributed by atoms with E-state index in [1.165, 1.54) is 25.9 Å². The molecule has 0 radical (unpaired) electrons. The lowest BCUT2D eigenvalue weighted by Gasteiger charge is -2.42. The second-order valence-corrected chi connectivity index (χ2v) is 6.97. The van der Waals surface area contributed by atoms with Gasteiger partial charge in [-0.1, -0.05) is 6.92 Å². The zero-order valence-corrected chi connectivity index (χ0v) is 15.2. The summed E-state index contributed by atoms with van der Waals surface area (Å²) in [4.78, 5) is 7.39. The van der Waals surface area contributed by atoms with Crippen molar-refractivity contribution in [1.29, 1.82) is 0 Å². The summed E-state index contributed by atoms with van der Waals surface area (Å²) >= 11 is 0. The third kappa shape index (κ3) is 6.97. The summed E-state index contributed by atoms with van der Waals surface area (Å²) in [5, 5.41) is 6.70. The first-order chi connectivity index (χ1) is 10.5. The lowest BCUT2D eigenvalue weighted by molar-refractivity contribution is 0.0774.